The SMILES string of the molecule is ClC1=CCC(C2CCNCC2)CC1. The fraction of sp³-hybridized carbons (Fsp3) is 0.818. The summed E-state index contributed by atoms with van der Waals surface area (Å²) in [6, 6.07) is 0. The topological polar surface area (TPSA) is 12.0 Å². The predicted molar refractivity (Wildman–Crippen MR) is 56.9 cm³/mol. The van der Waals surface area contributed by atoms with E-state index in [9.17, 15) is 0 Å². The van der Waals surface area contributed by atoms with Crippen molar-refractivity contribution in [1.29, 1.82) is 0 Å². The quantitative estimate of drug-likeness (QED) is 0.685. The van der Waals surface area contributed by atoms with Crippen molar-refractivity contribution < 1.29 is 0 Å². The van der Waals surface area contributed by atoms with Crippen LogP contribution in [0.4, 0.5) is 0 Å². The van der Waals surface area contributed by atoms with Crippen LogP contribution < -0.4 is 5.32 Å². The second-order valence-electron chi connectivity index (χ2n) is 4.27. The van der Waals surface area contributed by atoms with Gasteiger partial charge in [0.2, 0.25) is 0 Å². The van der Waals surface area contributed by atoms with Crippen molar-refractivity contribution >= 4 is 11.6 Å². The van der Waals surface area contributed by atoms with Gasteiger partial charge in [-0.05, 0) is 57.0 Å². The van der Waals surface area contributed by atoms with Crippen LogP contribution in [0.5, 0.6) is 0 Å². The lowest BCUT2D eigenvalue weighted by molar-refractivity contribution is 0.243. The Hall–Kier alpha value is -0.0100. The van der Waals surface area contributed by atoms with E-state index in [1.807, 2.05) is 0 Å². The fourth-order valence-electron chi connectivity index (χ4n) is 2.57. The van der Waals surface area contributed by atoms with Crippen LogP contribution in [-0.2, 0) is 0 Å². The van der Waals surface area contributed by atoms with Crippen molar-refractivity contribution in [2.75, 3.05) is 13.1 Å². The molecule has 0 aromatic heterocycles. The average Bonchev–Trinajstić information content (AvgIpc) is 2.20. The third-order valence-electron chi connectivity index (χ3n) is 3.45. The molecule has 1 heterocycles. The van der Waals surface area contributed by atoms with Gasteiger partial charge in [-0.3, -0.25) is 0 Å². The maximum atomic E-state index is 5.97. The van der Waals surface area contributed by atoms with Gasteiger partial charge in [0.25, 0.3) is 0 Å². The van der Waals surface area contributed by atoms with E-state index in [4.69, 9.17) is 11.6 Å². The van der Waals surface area contributed by atoms with Crippen molar-refractivity contribution in [1.82, 2.24) is 5.32 Å². The highest BCUT2D eigenvalue weighted by Crippen LogP contribution is 2.34. The molecule has 1 aliphatic heterocycles. The number of rotatable bonds is 1. The number of hydrogen-bond donors (Lipinski definition) is 1. The minimum absolute atomic E-state index is 0.921. The monoisotopic (exact) mass is 199 g/mol. The average molecular weight is 200 g/mol. The van der Waals surface area contributed by atoms with Crippen LogP contribution in [0.15, 0.2) is 11.1 Å². The number of hydrogen-bond acceptors (Lipinski definition) is 1. The summed E-state index contributed by atoms with van der Waals surface area (Å²) in [5.74, 6) is 1.88. The summed E-state index contributed by atoms with van der Waals surface area (Å²) in [7, 11) is 0. The number of allylic oxidation sites excluding steroid dienone is 2. The summed E-state index contributed by atoms with van der Waals surface area (Å²) in [6.07, 6.45) is 8.64. The van der Waals surface area contributed by atoms with Gasteiger partial charge in [-0.15, -0.1) is 0 Å². The predicted octanol–water partition coefficient (Wildman–Crippen LogP) is 2.91. The van der Waals surface area contributed by atoms with E-state index in [-0.39, 0.29) is 0 Å². The van der Waals surface area contributed by atoms with E-state index in [0.29, 0.717) is 0 Å². The second-order valence-corrected chi connectivity index (χ2v) is 4.76. The molecule has 1 fully saturated rings. The van der Waals surface area contributed by atoms with Gasteiger partial charge in [-0.1, -0.05) is 17.7 Å². The molecule has 0 saturated carbocycles. The Balaban J connectivity index is 1.86. The van der Waals surface area contributed by atoms with Crippen LogP contribution in [0.25, 0.3) is 0 Å². The molecule has 1 unspecified atom stereocenters. The Labute approximate surface area is 85.5 Å². The van der Waals surface area contributed by atoms with Gasteiger partial charge in [0, 0.05) is 5.03 Å². The standard InChI is InChI=1S/C11H18ClN/c12-11-3-1-9(2-4-11)10-5-7-13-8-6-10/h3,9-10,13H,1-2,4-8H2. The summed E-state index contributed by atoms with van der Waals surface area (Å²) < 4.78 is 0. The summed E-state index contributed by atoms with van der Waals surface area (Å²) >= 11 is 5.97. The molecule has 13 heavy (non-hydrogen) atoms. The Morgan fingerprint density at radius 3 is 2.54 bits per heavy atom. The highest BCUT2D eigenvalue weighted by molar-refractivity contribution is 6.29. The first-order valence-corrected chi connectivity index (χ1v) is 5.79. The molecule has 0 aromatic rings. The van der Waals surface area contributed by atoms with Crippen molar-refractivity contribution in [3.05, 3.63) is 11.1 Å². The molecule has 1 nitrogen and oxygen atoms in total. The molecule has 2 rings (SSSR count). The van der Waals surface area contributed by atoms with E-state index < -0.39 is 0 Å². The van der Waals surface area contributed by atoms with E-state index >= 15 is 0 Å². The largest absolute Gasteiger partial charge is 0.317 e. The van der Waals surface area contributed by atoms with E-state index in [1.165, 1.54) is 38.8 Å². The Kier molecular flexibility index (Phi) is 3.28. The van der Waals surface area contributed by atoms with E-state index in [0.717, 1.165) is 23.3 Å². The molecule has 2 aliphatic rings. The molecular formula is C11H18ClN. The first-order chi connectivity index (χ1) is 6.36. The normalized spacial score (nSPS) is 31.5. The van der Waals surface area contributed by atoms with Crippen molar-refractivity contribution in [2.24, 2.45) is 11.8 Å². The molecule has 0 spiro atoms. The van der Waals surface area contributed by atoms with Crippen molar-refractivity contribution in [2.45, 2.75) is 32.1 Å². The molecule has 74 valence electrons. The third-order valence-corrected chi connectivity index (χ3v) is 3.79. The van der Waals surface area contributed by atoms with E-state index in [2.05, 4.69) is 11.4 Å². The first kappa shape index (κ1) is 9.54. The van der Waals surface area contributed by atoms with Gasteiger partial charge in [-0.2, -0.15) is 0 Å². The van der Waals surface area contributed by atoms with Crippen molar-refractivity contribution in [3.63, 3.8) is 0 Å². The molecule has 1 aliphatic carbocycles. The minimum Gasteiger partial charge on any atom is -0.317 e. The molecule has 2 heteroatoms. The molecule has 0 aromatic carbocycles. The van der Waals surface area contributed by atoms with Gasteiger partial charge < -0.3 is 5.32 Å². The molecule has 1 N–H and O–H groups in total. The Morgan fingerprint density at radius 2 is 1.92 bits per heavy atom. The highest BCUT2D eigenvalue weighted by Gasteiger charge is 2.24. The van der Waals surface area contributed by atoms with Gasteiger partial charge in [0.05, 0.1) is 0 Å². The fourth-order valence-corrected chi connectivity index (χ4v) is 2.76. The molecule has 1 saturated heterocycles. The Morgan fingerprint density at radius 1 is 1.15 bits per heavy atom. The van der Waals surface area contributed by atoms with Crippen LogP contribution in [0, 0.1) is 11.8 Å². The molecule has 0 bridgehead atoms. The first-order valence-electron chi connectivity index (χ1n) is 5.41. The summed E-state index contributed by atoms with van der Waals surface area (Å²) in [5, 5.41) is 4.51. The van der Waals surface area contributed by atoms with Gasteiger partial charge in [-0.25, -0.2) is 0 Å². The summed E-state index contributed by atoms with van der Waals surface area (Å²) in [6.45, 7) is 2.44. The molecule has 0 amide bonds. The van der Waals surface area contributed by atoms with Crippen LogP contribution in [0.1, 0.15) is 32.1 Å². The second kappa shape index (κ2) is 4.47. The number of nitrogens with one attached hydrogen (secondary N) is 1. The van der Waals surface area contributed by atoms with E-state index in [1.54, 1.807) is 0 Å². The Bertz CT molecular complexity index is 194. The van der Waals surface area contributed by atoms with Crippen LogP contribution >= 0.6 is 11.6 Å². The zero-order chi connectivity index (χ0) is 9.10. The van der Waals surface area contributed by atoms with Crippen molar-refractivity contribution in [3.8, 4) is 0 Å². The maximum absolute atomic E-state index is 5.97. The van der Waals surface area contributed by atoms with Crippen LogP contribution in [-0.4, -0.2) is 13.1 Å². The third kappa shape index (κ3) is 2.47. The lowest BCUT2D eigenvalue weighted by atomic mass is 9.78. The zero-order valence-electron chi connectivity index (χ0n) is 8.06. The van der Waals surface area contributed by atoms with Gasteiger partial charge in [0.15, 0.2) is 0 Å². The zero-order valence-corrected chi connectivity index (χ0v) is 8.82. The van der Waals surface area contributed by atoms with Crippen LogP contribution in [0.3, 0.4) is 0 Å². The summed E-state index contributed by atoms with van der Waals surface area (Å²) in [4.78, 5) is 0. The smallest absolute Gasteiger partial charge is 0.0141 e. The van der Waals surface area contributed by atoms with Gasteiger partial charge >= 0.3 is 0 Å². The molecule has 0 radical (unpaired) electrons. The molecular weight excluding hydrogens is 182 g/mol. The lowest BCUT2D eigenvalue weighted by Crippen LogP contribution is -2.32. The number of piperidine rings is 1. The maximum Gasteiger partial charge on any atom is 0.0141 e. The highest BCUT2D eigenvalue weighted by atomic mass is 35.5. The lowest BCUT2D eigenvalue weighted by Gasteiger charge is -2.32. The summed E-state index contributed by atoms with van der Waals surface area (Å²) in [5.41, 5.74) is 0. The minimum atomic E-state index is 0.921. The molecule has 1 atom stereocenters. The van der Waals surface area contributed by atoms with Gasteiger partial charge in [0.1, 0.15) is 0 Å². The number of halogens is 1. The van der Waals surface area contributed by atoms with Crippen LogP contribution in [0.2, 0.25) is 0 Å².